The Kier molecular flexibility index (Phi) is 8.06. The summed E-state index contributed by atoms with van der Waals surface area (Å²) in [6.45, 7) is 2.11. The minimum absolute atomic E-state index is 0.0478. The van der Waals surface area contributed by atoms with Gasteiger partial charge in [0.2, 0.25) is 5.90 Å². The van der Waals surface area contributed by atoms with Crippen LogP contribution in [0.5, 0.6) is 5.75 Å². The first-order valence-electron chi connectivity index (χ1n) is 10.5. The van der Waals surface area contributed by atoms with E-state index in [1.807, 2.05) is 0 Å². The molecule has 0 fully saturated rings. The Hall–Kier alpha value is -2.95. The number of hydroxylamine groups is 1. The third-order valence-corrected chi connectivity index (χ3v) is 7.11. The zero-order valence-electron chi connectivity index (χ0n) is 18.6. The lowest BCUT2D eigenvalue weighted by atomic mass is 9.90. The molecule has 0 saturated heterocycles. The van der Waals surface area contributed by atoms with E-state index in [0.717, 1.165) is 0 Å². The Morgan fingerprint density at radius 2 is 1.88 bits per heavy atom. The van der Waals surface area contributed by atoms with Gasteiger partial charge in [-0.1, -0.05) is 18.2 Å². The molecule has 3 rings (SSSR count). The van der Waals surface area contributed by atoms with Crippen LogP contribution >= 0.6 is 0 Å². The summed E-state index contributed by atoms with van der Waals surface area (Å²) in [5.41, 5.74) is 1.42. The number of nitrogens with one attached hydrogen (secondary N) is 1. The summed E-state index contributed by atoms with van der Waals surface area (Å²) in [4.78, 5) is 22.5. The number of aliphatic imine (C=N–C) groups is 1. The first kappa shape index (κ1) is 24.7. The van der Waals surface area contributed by atoms with Crippen molar-refractivity contribution in [3.8, 4) is 5.75 Å². The fourth-order valence-corrected chi connectivity index (χ4v) is 4.86. The number of aliphatic hydroxyl groups excluding tert-OH is 1. The number of carbonyl (C=O) groups is 1. The highest BCUT2D eigenvalue weighted by Gasteiger charge is 2.51. The van der Waals surface area contributed by atoms with E-state index in [1.54, 1.807) is 49.4 Å². The lowest BCUT2D eigenvalue weighted by Crippen LogP contribution is -2.51. The van der Waals surface area contributed by atoms with Crippen molar-refractivity contribution in [3.05, 3.63) is 60.2 Å². The van der Waals surface area contributed by atoms with Gasteiger partial charge in [0.1, 0.15) is 11.9 Å². The van der Waals surface area contributed by atoms with Crippen LogP contribution in [0, 0.1) is 0 Å². The third kappa shape index (κ3) is 5.70. The van der Waals surface area contributed by atoms with Crippen LogP contribution in [0.3, 0.4) is 0 Å². The average molecular weight is 477 g/mol. The normalized spacial score (nSPS) is 20.1. The number of benzene rings is 2. The second kappa shape index (κ2) is 10.8. The van der Waals surface area contributed by atoms with Gasteiger partial charge in [-0.2, -0.15) is 0 Å². The molecule has 1 aliphatic rings. The van der Waals surface area contributed by atoms with E-state index >= 15 is 0 Å². The molecule has 1 amide bonds. The first-order valence-corrected chi connectivity index (χ1v) is 12.2. The quantitative estimate of drug-likeness (QED) is 0.375. The lowest BCUT2D eigenvalue weighted by molar-refractivity contribution is -0.139. The summed E-state index contributed by atoms with van der Waals surface area (Å²) >= 11 is 0. The second-order valence-electron chi connectivity index (χ2n) is 7.57. The van der Waals surface area contributed by atoms with Crippen molar-refractivity contribution in [2.24, 2.45) is 4.99 Å². The predicted octanol–water partition coefficient (Wildman–Crippen LogP) is 1.89. The molecule has 1 heterocycles. The second-order valence-corrected chi connectivity index (χ2v) is 9.68. The highest BCUT2D eigenvalue weighted by Crippen LogP contribution is 2.33. The highest BCUT2D eigenvalue weighted by atomic mass is 32.2. The number of amides is 1. The molecule has 1 aliphatic heterocycles. The highest BCUT2D eigenvalue weighted by molar-refractivity contribution is 7.91. The molecule has 2 aromatic carbocycles. The molecule has 0 saturated carbocycles. The summed E-state index contributed by atoms with van der Waals surface area (Å²) in [5.74, 6) is -0.0281. The van der Waals surface area contributed by atoms with Crippen LogP contribution in [0.1, 0.15) is 25.3 Å². The average Bonchev–Trinajstić information content (AvgIpc) is 3.16. The molecule has 2 atom stereocenters. The Morgan fingerprint density at radius 3 is 2.52 bits per heavy atom. The number of carbonyl (C=O) groups excluding carboxylic acids is 1. The molecule has 2 aromatic rings. The van der Waals surface area contributed by atoms with Crippen LogP contribution in [0.2, 0.25) is 0 Å². The number of hydrogen-bond donors (Lipinski definition) is 2. The molecule has 9 nitrogen and oxygen atoms in total. The largest absolute Gasteiger partial charge is 0.494 e. The van der Waals surface area contributed by atoms with Gasteiger partial charge in [-0.3, -0.25) is 9.63 Å². The topological polar surface area (TPSA) is 124 Å². The summed E-state index contributed by atoms with van der Waals surface area (Å²) in [7, 11) is -2.34. The lowest BCUT2D eigenvalue weighted by Gasteiger charge is -2.27. The maximum absolute atomic E-state index is 13.0. The van der Waals surface area contributed by atoms with Crippen LogP contribution < -0.4 is 10.2 Å². The molecule has 0 bridgehead atoms. The molecule has 178 valence electrons. The number of hydrogen-bond acceptors (Lipinski definition) is 8. The van der Waals surface area contributed by atoms with Gasteiger partial charge in [0.05, 0.1) is 24.4 Å². The van der Waals surface area contributed by atoms with Crippen molar-refractivity contribution in [3.63, 3.8) is 0 Å². The van der Waals surface area contributed by atoms with Gasteiger partial charge in [-0.05, 0) is 49.7 Å². The van der Waals surface area contributed by atoms with Gasteiger partial charge >= 0.3 is 0 Å². The van der Waals surface area contributed by atoms with E-state index in [-0.39, 0.29) is 29.6 Å². The Bertz CT molecular complexity index is 1070. The van der Waals surface area contributed by atoms with E-state index in [0.29, 0.717) is 24.3 Å². The molecular weight excluding hydrogens is 448 g/mol. The molecule has 0 aromatic heterocycles. The monoisotopic (exact) mass is 476 g/mol. The predicted molar refractivity (Wildman–Crippen MR) is 122 cm³/mol. The van der Waals surface area contributed by atoms with E-state index in [1.165, 1.54) is 19.2 Å². The SMILES string of the molecule is CONC(=O)[C@@]1(CCS(=O)(=O)c2ccccc2)N=C(c2ccc(OCCCO)cc2)O[C@H]1C. The van der Waals surface area contributed by atoms with Gasteiger partial charge in [-0.15, -0.1) is 0 Å². The van der Waals surface area contributed by atoms with Crippen molar-refractivity contribution in [1.82, 2.24) is 5.48 Å². The summed E-state index contributed by atoms with van der Waals surface area (Å²) in [5, 5.41) is 8.86. The minimum atomic E-state index is -3.64. The van der Waals surface area contributed by atoms with Gasteiger partial charge < -0.3 is 14.6 Å². The smallest absolute Gasteiger partial charge is 0.275 e. The Balaban J connectivity index is 1.85. The first-order chi connectivity index (χ1) is 15.8. The van der Waals surface area contributed by atoms with Gasteiger partial charge in [0.15, 0.2) is 15.4 Å². The van der Waals surface area contributed by atoms with Crippen LogP contribution in [-0.4, -0.2) is 63.0 Å². The number of ether oxygens (including phenoxy) is 2. The molecule has 10 heteroatoms. The standard InChI is InChI=1S/C23H28N2O7S/c1-17-23(22(27)25-30-2,13-16-33(28,29)20-7-4-3-5-8-20)24-21(32-17)18-9-11-19(12-10-18)31-15-6-14-26/h3-5,7-12,17,26H,6,13-16H2,1-2H3,(H,25,27)/t17-,23-/m0/s1. The molecular formula is C23H28N2O7S. The van der Waals surface area contributed by atoms with Gasteiger partial charge in [0.25, 0.3) is 5.91 Å². The minimum Gasteiger partial charge on any atom is -0.494 e. The number of aliphatic hydroxyl groups is 1. The van der Waals surface area contributed by atoms with E-state index in [2.05, 4.69) is 10.5 Å². The zero-order chi connectivity index (χ0) is 23.9. The van der Waals surface area contributed by atoms with E-state index in [4.69, 9.17) is 19.4 Å². The number of sulfone groups is 1. The summed E-state index contributed by atoms with van der Waals surface area (Å²) < 4.78 is 37.1. The van der Waals surface area contributed by atoms with Crippen LogP contribution in [0.15, 0.2) is 64.5 Å². The van der Waals surface area contributed by atoms with Crippen molar-refractivity contribution in [1.29, 1.82) is 0 Å². The zero-order valence-corrected chi connectivity index (χ0v) is 19.4. The molecule has 33 heavy (non-hydrogen) atoms. The van der Waals surface area contributed by atoms with Crippen LogP contribution in [0.25, 0.3) is 0 Å². The molecule has 0 aliphatic carbocycles. The van der Waals surface area contributed by atoms with E-state index in [9.17, 15) is 13.2 Å². The van der Waals surface area contributed by atoms with Crippen molar-refractivity contribution in [2.75, 3.05) is 26.1 Å². The number of rotatable bonds is 11. The summed E-state index contributed by atoms with van der Waals surface area (Å²) in [6.07, 6.45) is -0.293. The fraction of sp³-hybridized carbons (Fsp3) is 0.391. The van der Waals surface area contributed by atoms with Crippen molar-refractivity contribution in [2.45, 2.75) is 36.3 Å². The maximum Gasteiger partial charge on any atom is 0.275 e. The Morgan fingerprint density at radius 1 is 1.18 bits per heavy atom. The van der Waals surface area contributed by atoms with Gasteiger partial charge in [0, 0.05) is 18.6 Å². The maximum atomic E-state index is 13.0. The molecule has 0 spiro atoms. The van der Waals surface area contributed by atoms with Crippen LogP contribution in [-0.2, 0) is 24.2 Å². The molecule has 0 unspecified atom stereocenters. The molecule has 0 radical (unpaired) electrons. The van der Waals surface area contributed by atoms with E-state index < -0.39 is 27.4 Å². The fourth-order valence-electron chi connectivity index (χ4n) is 3.47. The summed E-state index contributed by atoms with van der Waals surface area (Å²) in [6, 6.07) is 15.0. The number of nitrogens with zero attached hydrogens (tertiary/aromatic N) is 1. The van der Waals surface area contributed by atoms with Crippen molar-refractivity contribution >= 4 is 21.6 Å². The van der Waals surface area contributed by atoms with Crippen LogP contribution in [0.4, 0.5) is 0 Å². The Labute approximate surface area is 193 Å². The van der Waals surface area contributed by atoms with Crippen molar-refractivity contribution < 1.29 is 32.6 Å². The molecule has 2 N–H and O–H groups in total. The third-order valence-electron chi connectivity index (χ3n) is 5.38. The van der Waals surface area contributed by atoms with Gasteiger partial charge in [-0.25, -0.2) is 18.9 Å².